The highest BCUT2D eigenvalue weighted by molar-refractivity contribution is 6.69. The number of hydrogen-bond acceptors (Lipinski definition) is 1. The minimum Gasteiger partial charge on any atom is -0.402 e. The van der Waals surface area contributed by atoms with Gasteiger partial charge < -0.3 is 4.43 Å². The van der Waals surface area contributed by atoms with Gasteiger partial charge in [0.2, 0.25) is 0 Å². The van der Waals surface area contributed by atoms with E-state index in [1.807, 2.05) is 19.1 Å². The van der Waals surface area contributed by atoms with E-state index >= 15 is 0 Å². The lowest BCUT2D eigenvalue weighted by Gasteiger charge is -2.34. The van der Waals surface area contributed by atoms with Crippen molar-refractivity contribution in [3.63, 3.8) is 0 Å². The van der Waals surface area contributed by atoms with Gasteiger partial charge in [-0.2, -0.15) is 0 Å². The van der Waals surface area contributed by atoms with Crippen molar-refractivity contribution in [2.45, 2.75) is 110 Å². The normalized spacial score (nSPS) is 15.1. The SMILES string of the molecule is CCc1ccc(-c2ccc(C(CC)(CC)c3ccc(C#CC4(O[Si](C)(C)C)CCCC4)c(C)c3)cc2C)cc1F. The van der Waals surface area contributed by atoms with Crippen molar-refractivity contribution < 1.29 is 8.82 Å². The molecule has 0 heterocycles. The zero-order valence-corrected chi connectivity index (χ0v) is 26.9. The van der Waals surface area contributed by atoms with Gasteiger partial charge in [-0.3, -0.25) is 0 Å². The van der Waals surface area contributed by atoms with Crippen molar-refractivity contribution in [3.05, 3.63) is 93.8 Å². The Labute approximate surface area is 243 Å². The predicted octanol–water partition coefficient (Wildman–Crippen LogP) is 10.3. The molecule has 1 aliphatic rings. The zero-order chi connectivity index (χ0) is 29.1. The molecule has 212 valence electrons. The molecule has 40 heavy (non-hydrogen) atoms. The minimum atomic E-state index is -1.69. The van der Waals surface area contributed by atoms with E-state index in [9.17, 15) is 4.39 Å². The van der Waals surface area contributed by atoms with Crippen LogP contribution in [0.2, 0.25) is 19.6 Å². The van der Waals surface area contributed by atoms with Crippen LogP contribution in [0.3, 0.4) is 0 Å². The van der Waals surface area contributed by atoms with Crippen LogP contribution in [-0.4, -0.2) is 13.9 Å². The van der Waals surface area contributed by atoms with E-state index in [-0.39, 0.29) is 16.8 Å². The summed E-state index contributed by atoms with van der Waals surface area (Å²) in [4.78, 5) is 0. The third kappa shape index (κ3) is 6.29. The Morgan fingerprint density at radius 3 is 2.00 bits per heavy atom. The minimum absolute atomic E-state index is 0.0923. The Balaban J connectivity index is 1.68. The molecule has 0 aliphatic heterocycles. The maximum atomic E-state index is 14.6. The molecule has 0 aromatic heterocycles. The van der Waals surface area contributed by atoms with Crippen molar-refractivity contribution in [3.8, 4) is 23.0 Å². The van der Waals surface area contributed by atoms with Gasteiger partial charge in [0.05, 0.1) is 0 Å². The summed E-state index contributed by atoms with van der Waals surface area (Å²) >= 11 is 0. The molecule has 0 atom stereocenters. The molecule has 0 amide bonds. The molecule has 0 saturated heterocycles. The Kier molecular flexibility index (Phi) is 9.13. The average Bonchev–Trinajstić information content (AvgIpc) is 3.36. The molecule has 3 aromatic rings. The lowest BCUT2D eigenvalue weighted by Crippen LogP contribution is -2.39. The quantitative estimate of drug-likeness (QED) is 0.199. The summed E-state index contributed by atoms with van der Waals surface area (Å²) in [6, 6.07) is 19.2. The second-order valence-corrected chi connectivity index (χ2v) is 17.1. The topological polar surface area (TPSA) is 9.23 Å². The molecule has 0 radical (unpaired) electrons. The molecule has 0 N–H and O–H groups in total. The van der Waals surface area contributed by atoms with Crippen molar-refractivity contribution in [2.24, 2.45) is 0 Å². The van der Waals surface area contributed by atoms with Gasteiger partial charge in [-0.25, -0.2) is 4.39 Å². The molecule has 0 spiro atoms. The lowest BCUT2D eigenvalue weighted by atomic mass is 9.69. The van der Waals surface area contributed by atoms with E-state index < -0.39 is 8.32 Å². The maximum absolute atomic E-state index is 14.6. The third-order valence-corrected chi connectivity index (χ3v) is 9.85. The van der Waals surface area contributed by atoms with E-state index in [2.05, 4.69) is 95.6 Å². The Bertz CT molecular complexity index is 1410. The molecule has 3 aromatic carbocycles. The highest BCUT2D eigenvalue weighted by Gasteiger charge is 2.37. The van der Waals surface area contributed by atoms with Gasteiger partial charge in [0.1, 0.15) is 11.4 Å². The van der Waals surface area contributed by atoms with E-state index in [4.69, 9.17) is 4.43 Å². The first-order valence-corrected chi connectivity index (χ1v) is 18.6. The van der Waals surface area contributed by atoms with Gasteiger partial charge in [-0.1, -0.05) is 75.1 Å². The number of benzene rings is 3. The van der Waals surface area contributed by atoms with E-state index in [0.29, 0.717) is 6.42 Å². The van der Waals surface area contributed by atoms with Crippen LogP contribution in [0.4, 0.5) is 4.39 Å². The fourth-order valence-corrected chi connectivity index (χ4v) is 8.01. The largest absolute Gasteiger partial charge is 0.402 e. The van der Waals surface area contributed by atoms with Crippen LogP contribution in [0.5, 0.6) is 0 Å². The fraction of sp³-hybridized carbons (Fsp3) is 0.459. The van der Waals surface area contributed by atoms with Crippen molar-refractivity contribution >= 4 is 8.32 Å². The van der Waals surface area contributed by atoms with Gasteiger partial charge in [-0.05, 0) is 130 Å². The van der Waals surface area contributed by atoms with Gasteiger partial charge in [0.25, 0.3) is 0 Å². The monoisotopic (exact) mass is 554 g/mol. The van der Waals surface area contributed by atoms with Crippen molar-refractivity contribution in [1.29, 1.82) is 0 Å². The second kappa shape index (κ2) is 12.1. The van der Waals surface area contributed by atoms with Crippen LogP contribution in [0.25, 0.3) is 11.1 Å². The van der Waals surface area contributed by atoms with Crippen LogP contribution in [0.15, 0.2) is 54.6 Å². The Morgan fingerprint density at radius 1 is 0.850 bits per heavy atom. The van der Waals surface area contributed by atoms with Crippen molar-refractivity contribution in [1.82, 2.24) is 0 Å². The summed E-state index contributed by atoms with van der Waals surface area (Å²) in [6.45, 7) is 17.7. The summed E-state index contributed by atoms with van der Waals surface area (Å²) in [5, 5.41) is 0. The molecule has 0 unspecified atom stereocenters. The highest BCUT2D eigenvalue weighted by Crippen LogP contribution is 2.41. The van der Waals surface area contributed by atoms with Crippen LogP contribution in [0.1, 0.15) is 92.7 Å². The third-order valence-electron chi connectivity index (χ3n) is 8.85. The van der Waals surface area contributed by atoms with E-state index in [0.717, 1.165) is 47.9 Å². The van der Waals surface area contributed by atoms with Crippen molar-refractivity contribution in [2.75, 3.05) is 0 Å². The first-order chi connectivity index (χ1) is 19.0. The number of aryl methyl sites for hydroxylation is 3. The smallest absolute Gasteiger partial charge is 0.185 e. The van der Waals surface area contributed by atoms with Gasteiger partial charge in [-0.15, -0.1) is 0 Å². The molecular weight excluding hydrogens is 507 g/mol. The Morgan fingerprint density at radius 2 is 1.48 bits per heavy atom. The predicted molar refractivity (Wildman–Crippen MR) is 171 cm³/mol. The summed E-state index contributed by atoms with van der Waals surface area (Å²) in [5.74, 6) is 7.02. The molecule has 1 saturated carbocycles. The van der Waals surface area contributed by atoms with Crippen LogP contribution < -0.4 is 0 Å². The number of halogens is 1. The maximum Gasteiger partial charge on any atom is 0.185 e. The van der Waals surface area contributed by atoms with E-state index in [1.54, 1.807) is 6.07 Å². The number of rotatable bonds is 8. The van der Waals surface area contributed by atoms with Crippen LogP contribution >= 0.6 is 0 Å². The fourth-order valence-electron chi connectivity index (χ4n) is 6.59. The first kappa shape index (κ1) is 30.3. The molecular formula is C37H47FOSi. The van der Waals surface area contributed by atoms with Crippen LogP contribution in [0, 0.1) is 31.5 Å². The van der Waals surface area contributed by atoms with Gasteiger partial charge in [0, 0.05) is 11.0 Å². The zero-order valence-electron chi connectivity index (χ0n) is 25.9. The molecule has 1 nitrogen and oxygen atoms in total. The van der Waals surface area contributed by atoms with E-state index in [1.165, 1.54) is 35.1 Å². The molecule has 1 fully saturated rings. The lowest BCUT2D eigenvalue weighted by molar-refractivity contribution is 0.130. The molecule has 1 aliphatic carbocycles. The average molecular weight is 555 g/mol. The van der Waals surface area contributed by atoms with Crippen LogP contribution in [-0.2, 0) is 16.3 Å². The number of hydrogen-bond donors (Lipinski definition) is 0. The summed E-state index contributed by atoms with van der Waals surface area (Å²) in [6.07, 6.45) is 7.19. The Hall–Kier alpha value is -2.67. The highest BCUT2D eigenvalue weighted by atomic mass is 28.4. The summed E-state index contributed by atoms with van der Waals surface area (Å²) in [5.41, 5.74) is 8.57. The molecule has 4 rings (SSSR count). The second-order valence-electron chi connectivity index (χ2n) is 12.7. The summed E-state index contributed by atoms with van der Waals surface area (Å²) < 4.78 is 21.2. The van der Waals surface area contributed by atoms with Gasteiger partial charge >= 0.3 is 0 Å². The van der Waals surface area contributed by atoms with Gasteiger partial charge in [0.15, 0.2) is 8.32 Å². The standard InChI is InChI=1S/C37H47FOSi/c1-9-29-14-15-31(26-35(29)38)34-19-18-33(25-28(34)5)37(10-2,11-3)32-17-16-30(27(4)24-32)20-23-36(21-12-13-22-36)39-40(6,7)8/h14-19,24-26H,9-13,21-22H2,1-8H3. The molecule has 3 heteroatoms. The summed E-state index contributed by atoms with van der Waals surface area (Å²) in [7, 11) is -1.69. The molecule has 0 bridgehead atoms. The first-order valence-electron chi connectivity index (χ1n) is 15.2.